The number of halogens is 3. The SMILES string of the molecule is Nc1c(Cl)cccc1Oc1cc(Cl)ccc1Cl. The molecule has 0 heterocycles. The summed E-state index contributed by atoms with van der Waals surface area (Å²) in [5.74, 6) is 0.884. The number of para-hydroxylation sites is 1. The van der Waals surface area contributed by atoms with Gasteiger partial charge in [0.1, 0.15) is 5.75 Å². The molecule has 0 saturated heterocycles. The third kappa shape index (κ3) is 2.78. The average Bonchev–Trinajstić information content (AvgIpc) is 2.30. The summed E-state index contributed by atoms with van der Waals surface area (Å²) < 4.78 is 5.58. The van der Waals surface area contributed by atoms with Gasteiger partial charge in [-0.15, -0.1) is 0 Å². The average molecular weight is 289 g/mol. The minimum atomic E-state index is 0.366. The number of hydrogen-bond acceptors (Lipinski definition) is 2. The molecule has 0 amide bonds. The zero-order chi connectivity index (χ0) is 12.4. The minimum Gasteiger partial charge on any atom is -0.454 e. The van der Waals surface area contributed by atoms with Crippen LogP contribution in [0.2, 0.25) is 15.1 Å². The Morgan fingerprint density at radius 3 is 2.41 bits per heavy atom. The van der Waals surface area contributed by atoms with Crippen molar-refractivity contribution in [2.24, 2.45) is 0 Å². The Labute approximate surface area is 114 Å². The van der Waals surface area contributed by atoms with Gasteiger partial charge in [0.2, 0.25) is 0 Å². The monoisotopic (exact) mass is 287 g/mol. The van der Waals surface area contributed by atoms with E-state index >= 15 is 0 Å². The number of hydrogen-bond donors (Lipinski definition) is 1. The van der Waals surface area contributed by atoms with Crippen LogP contribution in [0.4, 0.5) is 5.69 Å². The second kappa shape index (κ2) is 5.05. The maximum Gasteiger partial charge on any atom is 0.151 e. The Morgan fingerprint density at radius 2 is 1.65 bits per heavy atom. The van der Waals surface area contributed by atoms with Crippen LogP contribution in [0.1, 0.15) is 0 Å². The van der Waals surface area contributed by atoms with E-state index in [0.29, 0.717) is 32.3 Å². The van der Waals surface area contributed by atoms with Gasteiger partial charge in [-0.2, -0.15) is 0 Å². The first-order chi connectivity index (χ1) is 8.08. The number of nitrogens with two attached hydrogens (primary N) is 1. The van der Waals surface area contributed by atoms with Crippen molar-refractivity contribution in [3.8, 4) is 11.5 Å². The van der Waals surface area contributed by atoms with Crippen molar-refractivity contribution in [2.75, 3.05) is 5.73 Å². The summed E-state index contributed by atoms with van der Waals surface area (Å²) in [6.07, 6.45) is 0. The van der Waals surface area contributed by atoms with Crippen LogP contribution in [0.15, 0.2) is 36.4 Å². The van der Waals surface area contributed by atoms with Crippen molar-refractivity contribution in [1.29, 1.82) is 0 Å². The summed E-state index contributed by atoms with van der Waals surface area (Å²) >= 11 is 17.7. The molecule has 2 nitrogen and oxygen atoms in total. The highest BCUT2D eigenvalue weighted by Gasteiger charge is 2.08. The van der Waals surface area contributed by atoms with Gasteiger partial charge in [0.05, 0.1) is 15.7 Å². The standard InChI is InChI=1S/C12H8Cl3NO/c13-7-4-5-8(14)11(6-7)17-10-3-1-2-9(15)12(10)16/h1-6H,16H2. The van der Waals surface area contributed by atoms with Gasteiger partial charge >= 0.3 is 0 Å². The fourth-order valence-electron chi connectivity index (χ4n) is 1.28. The number of rotatable bonds is 2. The largest absolute Gasteiger partial charge is 0.454 e. The molecule has 2 aromatic rings. The molecule has 0 aliphatic carbocycles. The molecule has 17 heavy (non-hydrogen) atoms. The molecular weight excluding hydrogens is 280 g/mol. The topological polar surface area (TPSA) is 35.2 Å². The Morgan fingerprint density at radius 1 is 0.882 bits per heavy atom. The molecule has 88 valence electrons. The van der Waals surface area contributed by atoms with Crippen molar-refractivity contribution in [3.05, 3.63) is 51.5 Å². The maximum atomic E-state index is 5.98. The third-order valence-corrected chi connectivity index (χ3v) is 3.00. The van der Waals surface area contributed by atoms with Crippen LogP contribution in [0, 0.1) is 0 Å². The maximum absolute atomic E-state index is 5.98. The van der Waals surface area contributed by atoms with E-state index in [2.05, 4.69) is 0 Å². The Kier molecular flexibility index (Phi) is 3.67. The predicted molar refractivity (Wildman–Crippen MR) is 72.4 cm³/mol. The van der Waals surface area contributed by atoms with Gasteiger partial charge in [0.15, 0.2) is 5.75 Å². The predicted octanol–water partition coefficient (Wildman–Crippen LogP) is 5.02. The smallest absolute Gasteiger partial charge is 0.151 e. The molecule has 2 aromatic carbocycles. The molecule has 0 radical (unpaired) electrons. The van der Waals surface area contributed by atoms with Crippen molar-refractivity contribution in [3.63, 3.8) is 0 Å². The van der Waals surface area contributed by atoms with Crippen molar-refractivity contribution >= 4 is 40.5 Å². The molecule has 2 N–H and O–H groups in total. The number of ether oxygens (including phenoxy) is 1. The third-order valence-electron chi connectivity index (χ3n) is 2.13. The second-order valence-electron chi connectivity index (χ2n) is 3.33. The lowest BCUT2D eigenvalue weighted by Crippen LogP contribution is -1.93. The zero-order valence-corrected chi connectivity index (χ0v) is 10.9. The molecule has 0 saturated carbocycles. The molecule has 0 aromatic heterocycles. The molecule has 0 aliphatic rings. The second-order valence-corrected chi connectivity index (χ2v) is 4.58. The van der Waals surface area contributed by atoms with Crippen LogP contribution >= 0.6 is 34.8 Å². The summed E-state index contributed by atoms with van der Waals surface area (Å²) in [7, 11) is 0. The quantitative estimate of drug-likeness (QED) is 0.787. The van der Waals surface area contributed by atoms with E-state index in [9.17, 15) is 0 Å². The van der Waals surface area contributed by atoms with Gasteiger partial charge in [-0.05, 0) is 24.3 Å². The first kappa shape index (κ1) is 12.4. The molecule has 0 aliphatic heterocycles. The van der Waals surface area contributed by atoms with Gasteiger partial charge in [0, 0.05) is 11.1 Å². The van der Waals surface area contributed by atoms with Crippen LogP contribution in [0.5, 0.6) is 11.5 Å². The lowest BCUT2D eigenvalue weighted by atomic mass is 10.3. The van der Waals surface area contributed by atoms with E-state index in [4.69, 9.17) is 45.3 Å². The lowest BCUT2D eigenvalue weighted by molar-refractivity contribution is 0.485. The molecule has 0 unspecified atom stereocenters. The molecular formula is C12H8Cl3NO. The highest BCUT2D eigenvalue weighted by Crippen LogP contribution is 2.36. The Balaban J connectivity index is 2.38. The van der Waals surface area contributed by atoms with Crippen molar-refractivity contribution < 1.29 is 4.74 Å². The van der Waals surface area contributed by atoms with E-state index in [1.54, 1.807) is 36.4 Å². The van der Waals surface area contributed by atoms with Gasteiger partial charge in [-0.25, -0.2) is 0 Å². The molecule has 0 spiro atoms. The normalized spacial score (nSPS) is 10.3. The number of benzene rings is 2. The molecule has 0 fully saturated rings. The minimum absolute atomic E-state index is 0.366. The first-order valence-corrected chi connectivity index (χ1v) is 5.88. The van der Waals surface area contributed by atoms with Gasteiger partial charge in [0.25, 0.3) is 0 Å². The molecule has 0 atom stereocenters. The zero-order valence-electron chi connectivity index (χ0n) is 8.58. The Bertz CT molecular complexity index is 557. The van der Waals surface area contributed by atoms with Crippen LogP contribution in [0.25, 0.3) is 0 Å². The van der Waals surface area contributed by atoms with Crippen molar-refractivity contribution in [1.82, 2.24) is 0 Å². The lowest BCUT2D eigenvalue weighted by Gasteiger charge is -2.10. The fraction of sp³-hybridized carbons (Fsp3) is 0. The van der Waals surface area contributed by atoms with Crippen molar-refractivity contribution in [2.45, 2.75) is 0 Å². The van der Waals surface area contributed by atoms with Crippen LogP contribution in [0.3, 0.4) is 0 Å². The van der Waals surface area contributed by atoms with E-state index in [1.807, 2.05) is 0 Å². The highest BCUT2D eigenvalue weighted by molar-refractivity contribution is 6.34. The van der Waals surface area contributed by atoms with Gasteiger partial charge in [-0.1, -0.05) is 40.9 Å². The summed E-state index contributed by atoms with van der Waals surface area (Å²) in [6.45, 7) is 0. The molecule has 2 rings (SSSR count). The summed E-state index contributed by atoms with van der Waals surface area (Å²) in [5, 5.41) is 1.42. The summed E-state index contributed by atoms with van der Waals surface area (Å²) in [5.41, 5.74) is 6.15. The van der Waals surface area contributed by atoms with E-state index in [-0.39, 0.29) is 0 Å². The summed E-state index contributed by atoms with van der Waals surface area (Å²) in [6, 6.07) is 10.1. The summed E-state index contributed by atoms with van der Waals surface area (Å²) in [4.78, 5) is 0. The van der Waals surface area contributed by atoms with E-state index in [0.717, 1.165) is 0 Å². The first-order valence-electron chi connectivity index (χ1n) is 4.75. The van der Waals surface area contributed by atoms with Crippen LogP contribution in [-0.2, 0) is 0 Å². The van der Waals surface area contributed by atoms with Crippen LogP contribution < -0.4 is 10.5 Å². The van der Waals surface area contributed by atoms with E-state index < -0.39 is 0 Å². The molecule has 5 heteroatoms. The van der Waals surface area contributed by atoms with Gasteiger partial charge in [-0.3, -0.25) is 0 Å². The van der Waals surface area contributed by atoms with Crippen LogP contribution in [-0.4, -0.2) is 0 Å². The Hall–Kier alpha value is -1.09. The highest BCUT2D eigenvalue weighted by atomic mass is 35.5. The molecule has 0 bridgehead atoms. The van der Waals surface area contributed by atoms with Gasteiger partial charge < -0.3 is 10.5 Å². The number of anilines is 1. The van der Waals surface area contributed by atoms with E-state index in [1.165, 1.54) is 0 Å². The number of nitrogen functional groups attached to an aromatic ring is 1. The fourth-order valence-corrected chi connectivity index (χ4v) is 1.76.